The molecule has 10 heavy (non-hydrogen) atoms. The molecule has 1 atom stereocenters. The Balaban J connectivity index is 3.40. The third-order valence-electron chi connectivity index (χ3n) is 2.07. The fourth-order valence-corrected chi connectivity index (χ4v) is 5.07. The predicted molar refractivity (Wildman–Crippen MR) is 52.8 cm³/mol. The molecule has 0 aliphatic carbocycles. The van der Waals surface area contributed by atoms with Crippen molar-refractivity contribution in [3.05, 3.63) is 0 Å². The molecule has 0 saturated carbocycles. The fraction of sp³-hybridized carbons (Fsp3) is 1.00. The first-order valence-electron chi connectivity index (χ1n) is 4.28. The van der Waals surface area contributed by atoms with Crippen LogP contribution in [-0.4, -0.2) is 18.2 Å². The summed E-state index contributed by atoms with van der Waals surface area (Å²) in [4.78, 5) is 0. The lowest BCUT2D eigenvalue weighted by Crippen LogP contribution is -2.05. The van der Waals surface area contributed by atoms with Gasteiger partial charge in [-0.15, -0.1) is 4.05 Å². The molecule has 0 aliphatic heterocycles. The topological polar surface area (TPSA) is 0 Å². The van der Waals surface area contributed by atoms with Crippen LogP contribution < -0.4 is 0 Å². The zero-order chi connectivity index (χ0) is 7.98. The van der Waals surface area contributed by atoms with Gasteiger partial charge in [0.2, 0.25) is 0 Å². The first kappa shape index (κ1) is 11.2. The van der Waals surface area contributed by atoms with Crippen LogP contribution in [0.3, 0.4) is 0 Å². The van der Waals surface area contributed by atoms with Gasteiger partial charge in [-0.2, -0.15) is 0 Å². The minimum absolute atomic E-state index is 0.0727. The molecule has 0 aromatic carbocycles. The summed E-state index contributed by atoms with van der Waals surface area (Å²) >= 11 is 3.76. The van der Waals surface area contributed by atoms with Gasteiger partial charge in [-0.1, -0.05) is 46.0 Å². The van der Waals surface area contributed by atoms with Crippen molar-refractivity contribution in [3.63, 3.8) is 0 Å². The van der Waals surface area contributed by atoms with Gasteiger partial charge < -0.3 is 12.9 Å². The van der Waals surface area contributed by atoms with E-state index in [1.54, 1.807) is 0 Å². The van der Waals surface area contributed by atoms with Gasteiger partial charge in [-0.3, -0.25) is 0 Å². The van der Waals surface area contributed by atoms with Gasteiger partial charge in [0.05, 0.1) is 0 Å². The first-order chi connectivity index (χ1) is 4.72. The summed E-state index contributed by atoms with van der Waals surface area (Å²) in [6.45, 7) is 6.95. The molecular weight excluding hydrogens is 200 g/mol. The average molecular weight is 217 g/mol. The molecule has 0 rings (SSSR count). The number of hydrogen-bond acceptors (Lipinski definition) is 0. The molecule has 0 spiro atoms. The third kappa shape index (κ3) is 4.97. The maximum atomic E-state index is 3.69. The van der Waals surface area contributed by atoms with E-state index in [9.17, 15) is 0 Å². The Labute approximate surface area is 80.7 Å². The molecule has 0 fully saturated rings. The van der Waals surface area contributed by atoms with Crippen molar-refractivity contribution >= 4 is 31.1 Å². The molecule has 0 amide bonds. The van der Waals surface area contributed by atoms with E-state index < -0.39 is 0 Å². The van der Waals surface area contributed by atoms with E-state index in [1.807, 2.05) is 0 Å². The zero-order valence-electron chi connectivity index (χ0n) is 7.36. The summed E-state index contributed by atoms with van der Waals surface area (Å²) in [5, 5.41) is 0. The van der Waals surface area contributed by atoms with Crippen molar-refractivity contribution in [3.8, 4) is 0 Å². The predicted octanol–water partition coefficient (Wildman–Crippen LogP) is 3.64. The van der Waals surface area contributed by atoms with Gasteiger partial charge in [0.15, 0.2) is 0 Å². The molecule has 0 radical (unpaired) electrons. The Morgan fingerprint density at radius 1 is 1.40 bits per heavy atom. The molecule has 0 aliphatic rings. The van der Waals surface area contributed by atoms with Gasteiger partial charge in [0.1, 0.15) is 0 Å². The largest absolute Gasteiger partial charge is 0.472 e. The molecule has 58 valence electrons. The second-order valence-corrected chi connectivity index (χ2v) is 6.60. The summed E-state index contributed by atoms with van der Waals surface area (Å²) in [6.07, 6.45) is 4.22. The van der Waals surface area contributed by atoms with Gasteiger partial charge in [0, 0.05) is 0 Å². The highest BCUT2D eigenvalue weighted by molar-refractivity contribution is 9.23. The van der Waals surface area contributed by atoms with Gasteiger partial charge in [-0.25, -0.2) is 0 Å². The third-order valence-corrected chi connectivity index (χ3v) is 6.31. The molecule has 0 bridgehead atoms. The Kier molecular flexibility index (Phi) is 7.79. The Bertz CT molecular complexity index is 73.7. The fourth-order valence-electron chi connectivity index (χ4n) is 1.05. The van der Waals surface area contributed by atoms with Crippen LogP contribution >= 0.6 is 12.9 Å². The summed E-state index contributed by atoms with van der Waals surface area (Å²) in [6, 6.07) is 0. The molecule has 0 heterocycles. The standard InChI is InChI=1S/C8H17.BrH.Mg/c1-4-5-6-7-8(2)3;;/h7-8H,4-6H2,1-3H3;1H;/q;;+1/p-1. The van der Waals surface area contributed by atoms with Crippen LogP contribution in [0.25, 0.3) is 0 Å². The molecular formula is C8H17BrMg. The van der Waals surface area contributed by atoms with E-state index >= 15 is 0 Å². The van der Waals surface area contributed by atoms with Crippen LogP contribution in [0.2, 0.25) is 4.05 Å². The van der Waals surface area contributed by atoms with Crippen molar-refractivity contribution in [1.82, 2.24) is 0 Å². The maximum Gasteiger partial charge on any atom is 0.472 e. The second kappa shape index (κ2) is 6.93. The van der Waals surface area contributed by atoms with E-state index in [4.69, 9.17) is 0 Å². The minimum atomic E-state index is 0.0727. The Morgan fingerprint density at radius 3 is 2.30 bits per heavy atom. The van der Waals surface area contributed by atoms with Crippen molar-refractivity contribution in [2.45, 2.75) is 44.1 Å². The van der Waals surface area contributed by atoms with Gasteiger partial charge in [0.25, 0.3) is 0 Å². The van der Waals surface area contributed by atoms with Crippen LogP contribution in [0.15, 0.2) is 0 Å². The van der Waals surface area contributed by atoms with Crippen molar-refractivity contribution in [2.75, 3.05) is 0 Å². The van der Waals surface area contributed by atoms with Gasteiger partial charge >= 0.3 is 18.2 Å². The maximum absolute atomic E-state index is 3.69. The monoisotopic (exact) mass is 216 g/mol. The molecule has 0 aromatic rings. The van der Waals surface area contributed by atoms with E-state index in [-0.39, 0.29) is 18.2 Å². The van der Waals surface area contributed by atoms with Gasteiger partial charge in [-0.05, 0) is 0 Å². The van der Waals surface area contributed by atoms with Crippen molar-refractivity contribution < 1.29 is 0 Å². The molecule has 1 unspecified atom stereocenters. The van der Waals surface area contributed by atoms with E-state index in [0.29, 0.717) is 0 Å². The smallest absolute Gasteiger partial charge is 0.306 e. The van der Waals surface area contributed by atoms with E-state index in [2.05, 4.69) is 33.7 Å². The number of hydrogen-bond donors (Lipinski definition) is 0. The summed E-state index contributed by atoms with van der Waals surface area (Å²) in [5.74, 6) is 0.901. The Morgan fingerprint density at radius 2 is 2.00 bits per heavy atom. The van der Waals surface area contributed by atoms with Crippen LogP contribution in [-0.2, 0) is 0 Å². The molecule has 0 aromatic heterocycles. The normalized spacial score (nSPS) is 13.3. The number of unbranched alkanes of at least 4 members (excludes halogenated alkanes) is 1. The molecule has 0 N–H and O–H groups in total. The van der Waals surface area contributed by atoms with E-state index in [1.165, 1.54) is 19.3 Å². The average Bonchev–Trinajstić information content (AvgIpc) is 1.89. The zero-order valence-corrected chi connectivity index (χ0v) is 10.4. The summed E-state index contributed by atoms with van der Waals surface area (Å²) in [5.41, 5.74) is 0. The second-order valence-electron chi connectivity index (χ2n) is 3.30. The van der Waals surface area contributed by atoms with Crippen LogP contribution in [0.1, 0.15) is 40.0 Å². The molecule has 0 nitrogen and oxygen atoms in total. The molecule has 2 heteroatoms. The number of rotatable bonds is 5. The highest BCUT2D eigenvalue weighted by Gasteiger charge is 2.12. The lowest BCUT2D eigenvalue weighted by atomic mass is 10.0. The van der Waals surface area contributed by atoms with Crippen molar-refractivity contribution in [2.24, 2.45) is 5.92 Å². The highest BCUT2D eigenvalue weighted by atomic mass is 79.9. The summed E-state index contributed by atoms with van der Waals surface area (Å²) in [7, 11) is 0. The van der Waals surface area contributed by atoms with Crippen molar-refractivity contribution in [1.29, 1.82) is 0 Å². The van der Waals surface area contributed by atoms with Crippen LogP contribution in [0.5, 0.6) is 0 Å². The molecule has 0 saturated heterocycles. The summed E-state index contributed by atoms with van der Waals surface area (Å²) < 4.78 is 1.03. The lowest BCUT2D eigenvalue weighted by Gasteiger charge is -2.16. The first-order valence-corrected chi connectivity index (χ1v) is 8.99. The number of halogens is 1. The van der Waals surface area contributed by atoms with E-state index in [0.717, 1.165) is 9.97 Å². The van der Waals surface area contributed by atoms with Crippen LogP contribution in [0, 0.1) is 5.92 Å². The van der Waals surface area contributed by atoms with Crippen LogP contribution in [0.4, 0.5) is 0 Å². The SMILES string of the molecule is CCCC[CH]([Mg][Br])C(C)C. The minimum Gasteiger partial charge on any atom is -0.306 e. The lowest BCUT2D eigenvalue weighted by molar-refractivity contribution is 0.533. The Hall–Kier alpha value is 1.25. The quantitative estimate of drug-likeness (QED) is 0.617. The highest BCUT2D eigenvalue weighted by Crippen LogP contribution is 2.24.